The van der Waals surface area contributed by atoms with Gasteiger partial charge in [-0.25, -0.2) is 0 Å². The van der Waals surface area contributed by atoms with Gasteiger partial charge in [-0.05, 0) is 80.2 Å². The summed E-state index contributed by atoms with van der Waals surface area (Å²) < 4.78 is 0. The van der Waals surface area contributed by atoms with E-state index in [1.165, 1.54) is 44.1 Å². The molecule has 2 aliphatic rings. The lowest BCUT2D eigenvalue weighted by molar-refractivity contribution is -0.104. The molecule has 0 fully saturated rings. The van der Waals surface area contributed by atoms with Crippen molar-refractivity contribution < 1.29 is 4.79 Å². The molecule has 0 unspecified atom stereocenters. The van der Waals surface area contributed by atoms with E-state index in [4.69, 9.17) is 0 Å². The molecule has 0 amide bonds. The van der Waals surface area contributed by atoms with Crippen molar-refractivity contribution in [1.82, 2.24) is 0 Å². The van der Waals surface area contributed by atoms with Crippen LogP contribution in [0.15, 0.2) is 58.7 Å². The van der Waals surface area contributed by atoms with Crippen LogP contribution in [0, 0.1) is 0 Å². The average molecular weight is 268 g/mol. The standard InChI is InChI=1S/C19H24O/c1-16(13-14-20)7-5-8-17-9-6-12-19(15-17)18-10-3-2-4-11-18/h5,7-8,10,13-15H,2-4,6,9,11-12H2,1H3. The van der Waals surface area contributed by atoms with E-state index in [0.29, 0.717) is 0 Å². The summed E-state index contributed by atoms with van der Waals surface area (Å²) in [6.45, 7) is 1.94. The number of hydrogen-bond acceptors (Lipinski definition) is 1. The summed E-state index contributed by atoms with van der Waals surface area (Å²) in [5.41, 5.74) is 5.54. The predicted octanol–water partition coefficient (Wildman–Crippen LogP) is 5.22. The highest BCUT2D eigenvalue weighted by atomic mass is 16.1. The van der Waals surface area contributed by atoms with Crippen molar-refractivity contribution in [1.29, 1.82) is 0 Å². The second-order valence-corrected chi connectivity index (χ2v) is 5.65. The molecule has 0 atom stereocenters. The van der Waals surface area contributed by atoms with E-state index in [0.717, 1.165) is 18.3 Å². The van der Waals surface area contributed by atoms with E-state index >= 15 is 0 Å². The highest BCUT2D eigenvalue weighted by Crippen LogP contribution is 2.32. The van der Waals surface area contributed by atoms with E-state index < -0.39 is 0 Å². The zero-order valence-corrected chi connectivity index (χ0v) is 12.4. The van der Waals surface area contributed by atoms with Crippen LogP contribution in [0.3, 0.4) is 0 Å². The molecule has 106 valence electrons. The highest BCUT2D eigenvalue weighted by molar-refractivity contribution is 5.66. The lowest BCUT2D eigenvalue weighted by Crippen LogP contribution is -2.01. The Morgan fingerprint density at radius 3 is 2.70 bits per heavy atom. The quantitative estimate of drug-likeness (QED) is 0.388. The van der Waals surface area contributed by atoms with Crippen LogP contribution in [0.5, 0.6) is 0 Å². The van der Waals surface area contributed by atoms with E-state index in [9.17, 15) is 4.79 Å². The zero-order chi connectivity index (χ0) is 14.2. The third-order valence-corrected chi connectivity index (χ3v) is 3.97. The second-order valence-electron chi connectivity index (χ2n) is 5.65. The first kappa shape index (κ1) is 14.8. The van der Waals surface area contributed by atoms with Crippen molar-refractivity contribution >= 4 is 6.29 Å². The van der Waals surface area contributed by atoms with E-state index in [-0.39, 0.29) is 0 Å². The zero-order valence-electron chi connectivity index (χ0n) is 12.4. The van der Waals surface area contributed by atoms with Gasteiger partial charge in [0.15, 0.2) is 0 Å². The third kappa shape index (κ3) is 4.48. The summed E-state index contributed by atoms with van der Waals surface area (Å²) in [6.07, 6.45) is 22.3. The summed E-state index contributed by atoms with van der Waals surface area (Å²) in [4.78, 5) is 10.4. The molecule has 0 saturated heterocycles. The van der Waals surface area contributed by atoms with Crippen molar-refractivity contribution in [2.45, 2.75) is 51.9 Å². The monoisotopic (exact) mass is 268 g/mol. The van der Waals surface area contributed by atoms with E-state index in [1.807, 2.05) is 13.0 Å². The molecule has 1 heteroatoms. The first-order valence-electron chi connectivity index (χ1n) is 7.69. The molecule has 0 aromatic heterocycles. The fourth-order valence-electron chi connectivity index (χ4n) is 2.85. The van der Waals surface area contributed by atoms with Gasteiger partial charge in [-0.15, -0.1) is 0 Å². The van der Waals surface area contributed by atoms with Crippen LogP contribution in [0.25, 0.3) is 0 Å². The van der Waals surface area contributed by atoms with Gasteiger partial charge in [0.05, 0.1) is 0 Å². The minimum atomic E-state index is 0.834. The van der Waals surface area contributed by atoms with Gasteiger partial charge in [0.25, 0.3) is 0 Å². The molecule has 0 aliphatic heterocycles. The molecule has 0 spiro atoms. The van der Waals surface area contributed by atoms with Crippen LogP contribution < -0.4 is 0 Å². The smallest absolute Gasteiger partial charge is 0.143 e. The number of hydrogen-bond donors (Lipinski definition) is 0. The van der Waals surface area contributed by atoms with Crippen LogP contribution in [-0.4, -0.2) is 6.29 Å². The first-order chi connectivity index (χ1) is 9.79. The Kier molecular flexibility index (Phi) is 5.79. The van der Waals surface area contributed by atoms with Gasteiger partial charge in [-0.3, -0.25) is 4.79 Å². The molecule has 0 aromatic carbocycles. The molecule has 0 bridgehead atoms. The van der Waals surface area contributed by atoms with Crippen molar-refractivity contribution in [2.75, 3.05) is 0 Å². The predicted molar refractivity (Wildman–Crippen MR) is 85.5 cm³/mol. The molecule has 2 aliphatic carbocycles. The molecular weight excluding hydrogens is 244 g/mol. The molecule has 0 N–H and O–H groups in total. The van der Waals surface area contributed by atoms with Gasteiger partial charge in [-0.1, -0.05) is 30.4 Å². The topological polar surface area (TPSA) is 17.1 Å². The molecular formula is C19H24O. The lowest BCUT2D eigenvalue weighted by atomic mass is 9.85. The normalized spacial score (nSPS) is 22.9. The Balaban J connectivity index is 2.06. The molecule has 0 saturated carbocycles. The number of rotatable bonds is 4. The fraction of sp³-hybridized carbons (Fsp3) is 0.421. The van der Waals surface area contributed by atoms with Gasteiger partial charge in [0, 0.05) is 0 Å². The molecule has 0 heterocycles. The number of carbonyl (C=O) groups excluding carboxylic acids is 1. The van der Waals surface area contributed by atoms with Crippen molar-refractivity contribution in [3.05, 3.63) is 58.7 Å². The Bertz CT molecular complexity index is 498. The average Bonchev–Trinajstić information content (AvgIpc) is 2.49. The number of aldehydes is 1. The Morgan fingerprint density at radius 2 is 1.95 bits per heavy atom. The van der Waals surface area contributed by atoms with E-state index in [1.54, 1.807) is 17.2 Å². The van der Waals surface area contributed by atoms with Crippen LogP contribution in [0.1, 0.15) is 51.9 Å². The molecule has 0 aromatic rings. The minimum Gasteiger partial charge on any atom is -0.299 e. The molecule has 2 rings (SSSR count). The maximum Gasteiger partial charge on any atom is 0.143 e. The number of allylic oxidation sites excluding steroid dienone is 10. The maximum atomic E-state index is 10.4. The van der Waals surface area contributed by atoms with Gasteiger partial charge in [-0.2, -0.15) is 0 Å². The molecule has 20 heavy (non-hydrogen) atoms. The van der Waals surface area contributed by atoms with Crippen molar-refractivity contribution in [3.63, 3.8) is 0 Å². The van der Waals surface area contributed by atoms with Gasteiger partial charge >= 0.3 is 0 Å². The van der Waals surface area contributed by atoms with Crippen LogP contribution in [0.4, 0.5) is 0 Å². The summed E-state index contributed by atoms with van der Waals surface area (Å²) >= 11 is 0. The largest absolute Gasteiger partial charge is 0.299 e. The van der Waals surface area contributed by atoms with Gasteiger partial charge in [0.2, 0.25) is 0 Å². The maximum absolute atomic E-state index is 10.4. The van der Waals surface area contributed by atoms with Gasteiger partial charge in [0.1, 0.15) is 6.29 Å². The third-order valence-electron chi connectivity index (χ3n) is 3.97. The van der Waals surface area contributed by atoms with Gasteiger partial charge < -0.3 is 0 Å². The molecule has 0 radical (unpaired) electrons. The van der Waals surface area contributed by atoms with Crippen LogP contribution in [-0.2, 0) is 4.79 Å². The summed E-state index contributed by atoms with van der Waals surface area (Å²) in [6, 6.07) is 0. The van der Waals surface area contributed by atoms with Crippen LogP contribution in [0.2, 0.25) is 0 Å². The summed E-state index contributed by atoms with van der Waals surface area (Å²) in [5.74, 6) is 0. The SMILES string of the molecule is CC(C=CC=C1C=C(C2=CCCCC2)CCC1)=CC=O. The molecule has 1 nitrogen and oxygen atoms in total. The Hall–Kier alpha value is -1.63. The Labute approximate surface area is 122 Å². The highest BCUT2D eigenvalue weighted by Gasteiger charge is 2.12. The fourth-order valence-corrected chi connectivity index (χ4v) is 2.85. The van der Waals surface area contributed by atoms with Crippen LogP contribution >= 0.6 is 0 Å². The first-order valence-corrected chi connectivity index (χ1v) is 7.69. The summed E-state index contributed by atoms with van der Waals surface area (Å²) in [5, 5.41) is 0. The minimum absolute atomic E-state index is 0.834. The lowest BCUT2D eigenvalue weighted by Gasteiger charge is -2.20. The second kappa shape index (κ2) is 7.84. The van der Waals surface area contributed by atoms with Crippen molar-refractivity contribution in [2.24, 2.45) is 0 Å². The number of carbonyl (C=O) groups is 1. The Morgan fingerprint density at radius 1 is 1.10 bits per heavy atom. The summed E-state index contributed by atoms with van der Waals surface area (Å²) in [7, 11) is 0. The van der Waals surface area contributed by atoms with Crippen molar-refractivity contribution in [3.8, 4) is 0 Å². The van der Waals surface area contributed by atoms with E-state index in [2.05, 4.69) is 24.3 Å².